The number of phenols is 1. The lowest BCUT2D eigenvalue weighted by molar-refractivity contribution is 0.0528. The van der Waals surface area contributed by atoms with Crippen molar-refractivity contribution in [2.75, 3.05) is 18.4 Å². The van der Waals surface area contributed by atoms with Crippen LogP contribution in [0, 0.1) is 5.82 Å². The highest BCUT2D eigenvalue weighted by Crippen LogP contribution is 2.23. The zero-order valence-electron chi connectivity index (χ0n) is 12.0. The lowest BCUT2D eigenvalue weighted by Crippen LogP contribution is -2.33. The van der Waals surface area contributed by atoms with Crippen molar-refractivity contribution in [2.45, 2.75) is 32.8 Å². The molecule has 0 atom stereocenters. The first-order chi connectivity index (χ1) is 9.28. The molecule has 0 aromatic heterocycles. The summed E-state index contributed by atoms with van der Waals surface area (Å²) < 4.78 is 17.8. The number of benzene rings is 1. The monoisotopic (exact) mass is 284 g/mol. The number of hydrogen-bond acceptors (Lipinski definition) is 4. The molecule has 20 heavy (non-hydrogen) atoms. The second kappa shape index (κ2) is 6.98. The van der Waals surface area contributed by atoms with Crippen LogP contribution in [0.3, 0.4) is 0 Å². The molecule has 1 amide bonds. The summed E-state index contributed by atoms with van der Waals surface area (Å²) in [5.74, 6) is -0.621. The Morgan fingerprint density at radius 1 is 1.35 bits per heavy atom. The quantitative estimate of drug-likeness (QED) is 0.574. The molecule has 5 nitrogen and oxygen atoms in total. The number of nitrogens with one attached hydrogen (secondary N) is 2. The van der Waals surface area contributed by atoms with Crippen LogP contribution in [-0.4, -0.2) is 29.9 Å². The number of anilines is 1. The topological polar surface area (TPSA) is 70.6 Å². The van der Waals surface area contributed by atoms with Gasteiger partial charge >= 0.3 is 6.09 Å². The van der Waals surface area contributed by atoms with Gasteiger partial charge in [0, 0.05) is 19.2 Å². The highest BCUT2D eigenvalue weighted by Gasteiger charge is 2.15. The van der Waals surface area contributed by atoms with E-state index in [-0.39, 0.29) is 5.75 Å². The fourth-order valence-electron chi connectivity index (χ4n) is 1.47. The van der Waals surface area contributed by atoms with Gasteiger partial charge in [0.1, 0.15) is 17.2 Å². The van der Waals surface area contributed by atoms with Crippen molar-refractivity contribution in [3.05, 3.63) is 24.0 Å². The van der Waals surface area contributed by atoms with Gasteiger partial charge in [0.2, 0.25) is 0 Å². The number of aromatic hydroxyl groups is 1. The number of hydrogen-bond donors (Lipinski definition) is 3. The van der Waals surface area contributed by atoms with Gasteiger partial charge in [0.05, 0.1) is 5.69 Å². The lowest BCUT2D eigenvalue weighted by atomic mass is 10.2. The summed E-state index contributed by atoms with van der Waals surface area (Å²) in [4.78, 5) is 11.3. The number of carbonyl (C=O) groups excluding carboxylic acids is 1. The minimum Gasteiger partial charge on any atom is -0.506 e. The largest absolute Gasteiger partial charge is 0.506 e. The smallest absolute Gasteiger partial charge is 0.407 e. The summed E-state index contributed by atoms with van der Waals surface area (Å²) >= 11 is 0. The Morgan fingerprint density at radius 2 is 2.05 bits per heavy atom. The van der Waals surface area contributed by atoms with E-state index in [1.54, 1.807) is 20.8 Å². The van der Waals surface area contributed by atoms with E-state index in [4.69, 9.17) is 4.74 Å². The Labute approximate surface area is 118 Å². The molecule has 1 rings (SSSR count). The first-order valence-corrected chi connectivity index (χ1v) is 6.47. The average molecular weight is 284 g/mol. The molecule has 0 aliphatic heterocycles. The van der Waals surface area contributed by atoms with Crippen LogP contribution in [0.25, 0.3) is 0 Å². The first-order valence-electron chi connectivity index (χ1n) is 6.47. The number of halogens is 1. The molecule has 0 saturated carbocycles. The number of ether oxygens (including phenoxy) is 1. The molecule has 0 fully saturated rings. The molecule has 0 aliphatic rings. The maximum absolute atomic E-state index is 12.8. The standard InChI is InChI=1S/C14H21FN2O3/c1-14(2,3)20-13(19)17-8-4-7-16-11-6-5-10(15)9-12(11)18/h5-6,9,16,18H,4,7-8H2,1-3H3,(H,17,19). The summed E-state index contributed by atoms with van der Waals surface area (Å²) in [7, 11) is 0. The Bertz CT molecular complexity index is 458. The Balaban J connectivity index is 2.21. The molecule has 0 radical (unpaired) electrons. The van der Waals surface area contributed by atoms with E-state index < -0.39 is 17.5 Å². The van der Waals surface area contributed by atoms with Crippen molar-refractivity contribution in [3.63, 3.8) is 0 Å². The number of rotatable bonds is 5. The van der Waals surface area contributed by atoms with E-state index in [0.29, 0.717) is 25.2 Å². The van der Waals surface area contributed by atoms with E-state index in [2.05, 4.69) is 10.6 Å². The molecule has 1 aromatic carbocycles. The van der Waals surface area contributed by atoms with Gasteiger partial charge < -0.3 is 20.5 Å². The minimum atomic E-state index is -0.512. The Morgan fingerprint density at radius 3 is 2.65 bits per heavy atom. The summed E-state index contributed by atoms with van der Waals surface area (Å²) in [5.41, 5.74) is -0.0499. The van der Waals surface area contributed by atoms with Crippen LogP contribution in [-0.2, 0) is 4.74 Å². The maximum atomic E-state index is 12.8. The van der Waals surface area contributed by atoms with Gasteiger partial charge in [0.25, 0.3) is 0 Å². The van der Waals surface area contributed by atoms with Crippen LogP contribution in [0.4, 0.5) is 14.9 Å². The van der Waals surface area contributed by atoms with E-state index in [9.17, 15) is 14.3 Å². The van der Waals surface area contributed by atoms with Crippen LogP contribution < -0.4 is 10.6 Å². The third-order valence-electron chi connectivity index (χ3n) is 2.30. The van der Waals surface area contributed by atoms with E-state index >= 15 is 0 Å². The summed E-state index contributed by atoms with van der Waals surface area (Å²) in [5, 5.41) is 15.1. The number of amides is 1. The Hall–Kier alpha value is -1.98. The predicted octanol–water partition coefficient (Wildman–Crippen LogP) is 2.86. The zero-order chi connectivity index (χ0) is 15.2. The van der Waals surface area contributed by atoms with Crippen molar-refractivity contribution < 1.29 is 19.0 Å². The molecule has 0 unspecified atom stereocenters. The van der Waals surface area contributed by atoms with Crippen LogP contribution in [0.5, 0.6) is 5.75 Å². The summed E-state index contributed by atoms with van der Waals surface area (Å²) in [6, 6.07) is 3.77. The van der Waals surface area contributed by atoms with Gasteiger partial charge in [-0.15, -0.1) is 0 Å². The normalized spacial score (nSPS) is 11.0. The van der Waals surface area contributed by atoms with E-state index in [1.807, 2.05) is 0 Å². The molecule has 6 heteroatoms. The molecule has 0 aliphatic carbocycles. The second-order valence-electron chi connectivity index (χ2n) is 5.37. The summed E-state index contributed by atoms with van der Waals surface area (Å²) in [6.07, 6.45) is 0.193. The molecule has 1 aromatic rings. The highest BCUT2D eigenvalue weighted by atomic mass is 19.1. The SMILES string of the molecule is CC(C)(C)OC(=O)NCCCNc1ccc(F)cc1O. The fraction of sp³-hybridized carbons (Fsp3) is 0.500. The predicted molar refractivity (Wildman–Crippen MR) is 75.4 cm³/mol. The highest BCUT2D eigenvalue weighted by molar-refractivity contribution is 5.67. The zero-order valence-corrected chi connectivity index (χ0v) is 12.0. The van der Waals surface area contributed by atoms with Crippen LogP contribution in [0.15, 0.2) is 18.2 Å². The van der Waals surface area contributed by atoms with E-state index in [1.165, 1.54) is 12.1 Å². The second-order valence-corrected chi connectivity index (χ2v) is 5.37. The molecular formula is C14H21FN2O3. The minimum absolute atomic E-state index is 0.134. The van der Waals surface area contributed by atoms with Gasteiger partial charge in [-0.3, -0.25) is 0 Å². The van der Waals surface area contributed by atoms with Crippen LogP contribution in [0.2, 0.25) is 0 Å². The van der Waals surface area contributed by atoms with Crippen molar-refractivity contribution in [3.8, 4) is 5.75 Å². The maximum Gasteiger partial charge on any atom is 0.407 e. The van der Waals surface area contributed by atoms with Gasteiger partial charge in [-0.1, -0.05) is 0 Å². The van der Waals surface area contributed by atoms with Gasteiger partial charge in [-0.2, -0.15) is 0 Å². The number of phenolic OH excluding ortho intramolecular Hbond substituents is 1. The van der Waals surface area contributed by atoms with E-state index in [0.717, 1.165) is 6.07 Å². The number of alkyl carbamates (subject to hydrolysis) is 1. The van der Waals surface area contributed by atoms with Gasteiger partial charge in [-0.05, 0) is 39.3 Å². The third-order valence-corrected chi connectivity index (χ3v) is 2.30. The lowest BCUT2D eigenvalue weighted by Gasteiger charge is -2.19. The van der Waals surface area contributed by atoms with Gasteiger partial charge in [0.15, 0.2) is 0 Å². The van der Waals surface area contributed by atoms with Crippen LogP contribution >= 0.6 is 0 Å². The molecule has 0 saturated heterocycles. The third kappa shape index (κ3) is 6.26. The Kier molecular flexibility index (Phi) is 5.61. The molecule has 0 spiro atoms. The van der Waals surface area contributed by atoms with Crippen molar-refractivity contribution >= 4 is 11.8 Å². The van der Waals surface area contributed by atoms with Crippen molar-refractivity contribution in [2.24, 2.45) is 0 Å². The molecule has 112 valence electrons. The molecular weight excluding hydrogens is 263 g/mol. The molecule has 0 bridgehead atoms. The number of carbonyl (C=O) groups is 1. The van der Waals surface area contributed by atoms with Crippen molar-refractivity contribution in [1.82, 2.24) is 5.32 Å². The molecule has 3 N–H and O–H groups in total. The molecule has 0 heterocycles. The summed E-state index contributed by atoms with van der Waals surface area (Å²) in [6.45, 7) is 6.38. The van der Waals surface area contributed by atoms with Gasteiger partial charge in [-0.25, -0.2) is 9.18 Å². The van der Waals surface area contributed by atoms with Crippen molar-refractivity contribution in [1.29, 1.82) is 0 Å². The average Bonchev–Trinajstić information content (AvgIpc) is 2.28. The first kappa shape index (κ1) is 16.1. The fourth-order valence-corrected chi connectivity index (χ4v) is 1.47. The van der Waals surface area contributed by atoms with Crippen LogP contribution in [0.1, 0.15) is 27.2 Å².